The monoisotopic (exact) mass is 1950 g/mol. The number of benzene rings is 4. The molecule has 30 nitrogen and oxygen atoms in total. The molecule has 728 valence electrons. The molecule has 0 bridgehead atoms. The first-order valence-corrected chi connectivity index (χ1v) is 48.4. The lowest BCUT2D eigenvalue weighted by atomic mass is 9.91. The van der Waals surface area contributed by atoms with Crippen molar-refractivity contribution in [2.24, 2.45) is 17.8 Å². The van der Waals surface area contributed by atoms with Gasteiger partial charge in [-0.15, -0.1) is 0 Å². The first-order chi connectivity index (χ1) is 66.2. The Kier molecular flexibility index (Phi) is 31.4. The summed E-state index contributed by atoms with van der Waals surface area (Å²) in [7, 11) is 9.72. The third kappa shape index (κ3) is 20.1. The van der Waals surface area contributed by atoms with E-state index in [-0.39, 0.29) is 72.2 Å². The molecule has 7 aliphatic heterocycles. The van der Waals surface area contributed by atoms with E-state index in [2.05, 4.69) is 60.5 Å². The minimum atomic E-state index is -0.792. The van der Waals surface area contributed by atoms with E-state index in [1.54, 1.807) is 58.3 Å². The molecule has 3 saturated heterocycles. The summed E-state index contributed by atoms with van der Waals surface area (Å²) in [6, 6.07) is 23.4. The Bertz CT molecular complexity index is 6570. The third-order valence-electron chi connectivity index (χ3n) is 26.6. The van der Waals surface area contributed by atoms with Gasteiger partial charge in [-0.1, -0.05) is 86.4 Å². The average Bonchev–Trinajstić information content (AvgIpc) is 1.57. The zero-order valence-electron chi connectivity index (χ0n) is 80.1. The molecule has 137 heavy (non-hydrogen) atoms. The molecule has 15 heterocycles. The van der Waals surface area contributed by atoms with E-state index >= 15 is 0 Å². The van der Waals surface area contributed by atoms with E-state index in [0.29, 0.717) is 225 Å². The van der Waals surface area contributed by atoms with Gasteiger partial charge in [0.2, 0.25) is 17.6 Å². The second kappa shape index (κ2) is 43.5. The van der Waals surface area contributed by atoms with Gasteiger partial charge < -0.3 is 105 Å². The van der Waals surface area contributed by atoms with Gasteiger partial charge in [-0.3, -0.25) is 24.0 Å². The van der Waals surface area contributed by atoms with Crippen LogP contribution in [0.3, 0.4) is 0 Å². The molecule has 12 aromatic rings. The Balaban J connectivity index is 0.000000133. The van der Waals surface area contributed by atoms with Crippen LogP contribution in [0.4, 0.5) is 0 Å². The summed E-state index contributed by atoms with van der Waals surface area (Å²) in [4.78, 5) is 92.1. The number of amides is 4. The van der Waals surface area contributed by atoms with Crippen LogP contribution in [0.25, 0.3) is 43.6 Å². The normalized spacial score (nSPS) is 16.1. The first-order valence-electron chi connectivity index (χ1n) is 46.9. The highest BCUT2D eigenvalue weighted by atomic mass is 35.5. The third-order valence-corrected chi connectivity index (χ3v) is 28.3. The maximum atomic E-state index is 14.2. The van der Waals surface area contributed by atoms with Crippen molar-refractivity contribution < 1.29 is 81.1 Å². The molecular formula is C103H120Cl4N12O18. The number of pyridine rings is 4. The van der Waals surface area contributed by atoms with Crippen LogP contribution in [0, 0.1) is 52.4 Å². The van der Waals surface area contributed by atoms with Crippen LogP contribution in [0.2, 0.25) is 20.1 Å². The van der Waals surface area contributed by atoms with E-state index in [1.165, 1.54) is 7.11 Å². The van der Waals surface area contributed by atoms with E-state index in [1.807, 2.05) is 128 Å². The molecule has 8 aromatic heterocycles. The number of nitrogens with zero attached hydrogens (tertiary/aromatic N) is 11. The Morgan fingerprint density at radius 3 is 1.00 bits per heavy atom. The summed E-state index contributed by atoms with van der Waals surface area (Å²) < 4.78 is 76.5. The van der Waals surface area contributed by atoms with Crippen LogP contribution in [0.15, 0.2) is 102 Å². The number of unbranched alkanes of at least 4 members (excludes halogenated alkanes) is 3. The summed E-state index contributed by atoms with van der Waals surface area (Å²) in [6.07, 6.45) is 12.5. The number of carbonyl (C=O) groups is 4. The molecule has 0 spiro atoms. The van der Waals surface area contributed by atoms with Gasteiger partial charge in [-0.25, -0.2) is 15.0 Å². The fraction of sp³-hybridized carbons (Fsp3) is 0.456. The number of nitrogens with one attached hydrogen (secondary N) is 1. The number of aryl methyl sites for hydroxylation is 5. The molecule has 2 N–H and O–H groups in total. The molecule has 19 rings (SSSR count). The number of H-pyrrole nitrogens is 1. The topological polar surface area (TPSA) is 303 Å². The molecule has 7 aliphatic rings. The number of rotatable bonds is 32. The van der Waals surface area contributed by atoms with E-state index in [9.17, 15) is 29.1 Å². The molecule has 3 fully saturated rings. The first kappa shape index (κ1) is 98.9. The lowest BCUT2D eigenvalue weighted by molar-refractivity contribution is -0.105. The number of methoxy groups -OCH3 is 6. The number of aromatic nitrogens is 8. The predicted molar refractivity (Wildman–Crippen MR) is 525 cm³/mol. The fourth-order valence-electron chi connectivity index (χ4n) is 19.0. The highest BCUT2D eigenvalue weighted by molar-refractivity contribution is 6.38. The number of hydrogen-bond acceptors (Lipinski definition) is 21. The Morgan fingerprint density at radius 1 is 0.394 bits per heavy atom. The number of ether oxygens (including phenoxy) is 12. The number of aliphatic hydroxyl groups is 1. The minimum absolute atomic E-state index is 0.0306. The van der Waals surface area contributed by atoms with Gasteiger partial charge >= 0.3 is 0 Å². The quantitative estimate of drug-likeness (QED) is 0.0370. The molecule has 34 heteroatoms. The lowest BCUT2D eigenvalue weighted by Crippen LogP contribution is -2.35. The highest BCUT2D eigenvalue weighted by Gasteiger charge is 2.41. The summed E-state index contributed by atoms with van der Waals surface area (Å²) in [6.45, 7) is 26.4. The van der Waals surface area contributed by atoms with Gasteiger partial charge in [0.25, 0.3) is 29.2 Å². The maximum absolute atomic E-state index is 14.2. The van der Waals surface area contributed by atoms with Crippen molar-refractivity contribution in [3.05, 3.63) is 218 Å². The second-order valence-corrected chi connectivity index (χ2v) is 37.4. The van der Waals surface area contributed by atoms with Gasteiger partial charge in [-0.05, 0) is 114 Å². The standard InChI is InChI=1S/C28H34ClN3O5.C27H32ClN3O5.C24H26ClN3O5.C24H28ClN3O3/c1-5-6-11-37-27-21(22(34-3)12-17(2)30-27)14-32-10-9-31-8-7-18-13-20(26(35-4)19-15-36-16-19)24(29)23(25(18)31)28(32)33;1-4-5-10-36-26-20(21(34-3)11-16(2)29-26)13-31-9-8-30-7-6-17-12-19(25(32)18-14-35-15-18)23(28)22(24(17)30)27(31)33;1-13-8-18(31-2)17(23(29)26-13)10-28-7-6-27-5-4-14-9-16(22(32-3)15-11-33-12-15)20(25)19(21(14)27)24(28)30;1-5-6-11-31-23-18(19(30-4)13-16(3)26-23)14-28-10-9-27-8-7-17-12-15(2)21(25)20(22(17)27)24(28)29/h7-8,12-13,19,26H,5-6,9-11,14-16H2,1-4H3;6-7,11-12,18,25,32H,4-5,8-10,13-15H2,1-3H3;4-5,8-9,15,22H,6-7,10-12H2,1-3H3,(H,26,29);7-8,12-13H,5-6,9-11,14H2,1-4H3. The van der Waals surface area contributed by atoms with E-state index < -0.39 is 6.10 Å². The Hall–Kier alpha value is -11.2. The number of hydrogen-bond donors (Lipinski definition) is 2. The Morgan fingerprint density at radius 2 is 0.693 bits per heavy atom. The smallest absolute Gasteiger partial charge is 0.257 e. The molecule has 3 atom stereocenters. The van der Waals surface area contributed by atoms with Crippen LogP contribution < -0.4 is 38.7 Å². The van der Waals surface area contributed by atoms with Crippen molar-refractivity contribution in [1.82, 2.24) is 57.8 Å². The highest BCUT2D eigenvalue weighted by Crippen LogP contribution is 2.47. The van der Waals surface area contributed by atoms with Gasteiger partial charge in [0.05, 0.1) is 219 Å². The molecule has 0 aliphatic carbocycles. The van der Waals surface area contributed by atoms with Crippen molar-refractivity contribution in [2.45, 2.75) is 165 Å². The van der Waals surface area contributed by atoms with Crippen LogP contribution in [0.1, 0.15) is 186 Å². The Labute approximate surface area is 816 Å². The van der Waals surface area contributed by atoms with Crippen molar-refractivity contribution in [1.29, 1.82) is 0 Å². The summed E-state index contributed by atoms with van der Waals surface area (Å²) in [5.41, 5.74) is 13.9. The molecule has 3 unspecified atom stereocenters. The largest absolute Gasteiger partial charge is 0.496 e. The second-order valence-electron chi connectivity index (χ2n) is 35.9. The number of aromatic amines is 1. The predicted octanol–water partition coefficient (Wildman–Crippen LogP) is 18.1. The molecule has 0 radical (unpaired) electrons. The SMILES string of the molecule is CCCCOc1nc(C)cc(OC)c1CN1CCn2ccc3cc(C(O)C4COC4)c(Cl)c(c32)C1=O.CCCCOc1nc(C)cc(OC)c1CN1CCn2ccc3cc(C(OC)C4COC4)c(Cl)c(c32)C1=O.CCCCOc1nc(C)cc(OC)c1CN1CCn2ccc3cc(C)c(Cl)c(c32)C1=O.COc1cc(C)[nH]c(=O)c1CN1CCn2ccc3cc(C(OC)C4COC4)c(Cl)c(c32)C1=O. The molecule has 4 aromatic carbocycles. The fourth-order valence-corrected chi connectivity index (χ4v) is 20.2. The zero-order valence-corrected chi connectivity index (χ0v) is 83.1. The minimum Gasteiger partial charge on any atom is -0.496 e. The van der Waals surface area contributed by atoms with Gasteiger partial charge in [0, 0.05) is 188 Å². The van der Waals surface area contributed by atoms with Crippen LogP contribution in [-0.2, 0) is 76.0 Å². The van der Waals surface area contributed by atoms with Gasteiger partial charge in [0.15, 0.2) is 0 Å². The average molecular weight is 1960 g/mol. The summed E-state index contributed by atoms with van der Waals surface area (Å²) in [5, 5.41) is 16.5. The molecule has 4 amide bonds. The van der Waals surface area contributed by atoms with Crippen LogP contribution >= 0.6 is 46.4 Å². The maximum Gasteiger partial charge on any atom is 0.257 e. The van der Waals surface area contributed by atoms with E-state index in [4.69, 9.17) is 103 Å². The molecular weight excluding hydrogens is 1840 g/mol. The zero-order chi connectivity index (χ0) is 96.9. The number of aliphatic hydroxyl groups excluding tert-OH is 1. The van der Waals surface area contributed by atoms with Crippen molar-refractivity contribution in [2.75, 3.05) is 128 Å². The van der Waals surface area contributed by atoms with Crippen molar-refractivity contribution in [3.8, 4) is 40.6 Å². The van der Waals surface area contributed by atoms with Crippen molar-refractivity contribution in [3.63, 3.8) is 0 Å². The summed E-state index contributed by atoms with van der Waals surface area (Å²) in [5.74, 6) is 3.70. The van der Waals surface area contributed by atoms with Crippen LogP contribution in [-0.4, -0.2) is 215 Å². The van der Waals surface area contributed by atoms with Gasteiger partial charge in [0.1, 0.15) is 23.0 Å². The van der Waals surface area contributed by atoms with Crippen LogP contribution in [0.5, 0.6) is 40.6 Å². The lowest BCUT2D eigenvalue weighted by Gasteiger charge is -2.34. The van der Waals surface area contributed by atoms with E-state index in [0.717, 1.165) is 133 Å². The van der Waals surface area contributed by atoms with Crippen molar-refractivity contribution >= 4 is 114 Å². The summed E-state index contributed by atoms with van der Waals surface area (Å²) >= 11 is 27.5. The molecule has 0 saturated carbocycles. The number of halogens is 4. The van der Waals surface area contributed by atoms with Gasteiger partial charge in [-0.2, -0.15) is 0 Å². The number of carbonyl (C=O) groups excluding carboxylic acids is 4.